The summed E-state index contributed by atoms with van der Waals surface area (Å²) in [5.41, 5.74) is 2.32. The minimum absolute atomic E-state index is 0.121. The molecule has 0 bridgehead atoms. The van der Waals surface area contributed by atoms with Crippen LogP contribution in [0.5, 0.6) is 0 Å². The Balaban J connectivity index is 1.05. The molecule has 1 saturated heterocycles. The molecule has 38 heavy (non-hydrogen) atoms. The van der Waals surface area contributed by atoms with Crippen molar-refractivity contribution in [2.45, 2.75) is 91.1 Å². The van der Waals surface area contributed by atoms with Crippen LogP contribution in [0, 0.1) is 40.4 Å². The SMILES string of the molecule is CC(CCC(=O)N1CCN(c2cncn2C)CC1)[C@H]1CC[C@H]2[C@@H]3CC=C4C[C@@H](O)CC[C@]4(C)[C@H]3CC[C@]12C. The molecule has 2 heterocycles. The molecule has 0 radical (unpaired) electrons. The second-order valence-electron chi connectivity index (χ2n) is 14.1. The highest BCUT2D eigenvalue weighted by Gasteiger charge is 2.59. The summed E-state index contributed by atoms with van der Waals surface area (Å²) in [5, 5.41) is 10.3. The fraction of sp³-hybridized carbons (Fsp3) is 0.812. The first-order valence-electron chi connectivity index (χ1n) is 15.6. The summed E-state index contributed by atoms with van der Waals surface area (Å²) in [6.45, 7) is 11.0. The number of rotatable bonds is 5. The van der Waals surface area contributed by atoms with Crippen LogP contribution in [0.4, 0.5) is 5.82 Å². The summed E-state index contributed by atoms with van der Waals surface area (Å²) in [4.78, 5) is 21.9. The third kappa shape index (κ3) is 4.33. The summed E-state index contributed by atoms with van der Waals surface area (Å²) < 4.78 is 2.06. The van der Waals surface area contributed by atoms with Gasteiger partial charge in [0.15, 0.2) is 0 Å². The zero-order valence-electron chi connectivity index (χ0n) is 24.2. The predicted molar refractivity (Wildman–Crippen MR) is 152 cm³/mol. The molecule has 4 aliphatic carbocycles. The second-order valence-corrected chi connectivity index (χ2v) is 14.1. The van der Waals surface area contributed by atoms with Crippen molar-refractivity contribution in [1.82, 2.24) is 14.5 Å². The van der Waals surface area contributed by atoms with Gasteiger partial charge in [-0.05, 0) is 98.2 Å². The third-order valence-corrected chi connectivity index (χ3v) is 12.4. The molecule has 1 amide bonds. The molecule has 5 aliphatic rings. The van der Waals surface area contributed by atoms with Gasteiger partial charge in [-0.1, -0.05) is 32.4 Å². The summed E-state index contributed by atoms with van der Waals surface area (Å²) in [6.07, 6.45) is 17.6. The maximum absolute atomic E-state index is 13.2. The van der Waals surface area contributed by atoms with E-state index in [1.807, 2.05) is 19.6 Å². The van der Waals surface area contributed by atoms with Crippen LogP contribution in [0.2, 0.25) is 0 Å². The number of hydrogen-bond donors (Lipinski definition) is 1. The predicted octanol–water partition coefficient (Wildman–Crippen LogP) is 5.42. The van der Waals surface area contributed by atoms with Crippen molar-refractivity contribution in [2.24, 2.45) is 47.5 Å². The minimum Gasteiger partial charge on any atom is -0.393 e. The molecule has 4 fully saturated rings. The summed E-state index contributed by atoms with van der Waals surface area (Å²) >= 11 is 0. The molecular formula is C32H50N4O2. The smallest absolute Gasteiger partial charge is 0.222 e. The van der Waals surface area contributed by atoms with Crippen molar-refractivity contribution in [3.05, 3.63) is 24.2 Å². The number of nitrogens with zero attached hydrogens (tertiary/aromatic N) is 4. The lowest BCUT2D eigenvalue weighted by atomic mass is 9.47. The van der Waals surface area contributed by atoms with Crippen LogP contribution >= 0.6 is 0 Å². The molecule has 3 saturated carbocycles. The van der Waals surface area contributed by atoms with Crippen LogP contribution in [-0.2, 0) is 11.8 Å². The second kappa shape index (κ2) is 9.98. The third-order valence-electron chi connectivity index (χ3n) is 12.4. The van der Waals surface area contributed by atoms with E-state index >= 15 is 0 Å². The molecular weight excluding hydrogens is 472 g/mol. The van der Waals surface area contributed by atoms with Crippen LogP contribution in [-0.4, -0.2) is 57.7 Å². The van der Waals surface area contributed by atoms with Crippen LogP contribution in [0.25, 0.3) is 0 Å². The Morgan fingerprint density at radius 3 is 2.63 bits per heavy atom. The molecule has 6 nitrogen and oxygen atoms in total. The number of aryl methyl sites for hydroxylation is 1. The van der Waals surface area contributed by atoms with Crippen molar-refractivity contribution < 1.29 is 9.90 Å². The van der Waals surface area contributed by atoms with Gasteiger partial charge >= 0.3 is 0 Å². The van der Waals surface area contributed by atoms with Crippen LogP contribution in [0.3, 0.4) is 0 Å². The van der Waals surface area contributed by atoms with E-state index in [2.05, 4.69) is 46.2 Å². The van der Waals surface area contributed by atoms with Crippen molar-refractivity contribution in [3.63, 3.8) is 0 Å². The summed E-state index contributed by atoms with van der Waals surface area (Å²) in [6, 6.07) is 0. The van der Waals surface area contributed by atoms with E-state index in [4.69, 9.17) is 0 Å². The number of hydrogen-bond acceptors (Lipinski definition) is 4. The highest BCUT2D eigenvalue weighted by atomic mass is 16.3. The van der Waals surface area contributed by atoms with E-state index in [0.29, 0.717) is 29.1 Å². The van der Waals surface area contributed by atoms with E-state index in [0.717, 1.165) is 74.9 Å². The van der Waals surface area contributed by atoms with E-state index in [1.165, 1.54) is 38.5 Å². The van der Waals surface area contributed by atoms with Crippen molar-refractivity contribution in [1.29, 1.82) is 0 Å². The van der Waals surface area contributed by atoms with E-state index < -0.39 is 0 Å². The molecule has 6 rings (SSSR count). The van der Waals surface area contributed by atoms with Crippen LogP contribution < -0.4 is 4.90 Å². The number of piperazine rings is 1. The van der Waals surface area contributed by atoms with Gasteiger partial charge in [-0.2, -0.15) is 0 Å². The maximum Gasteiger partial charge on any atom is 0.222 e. The van der Waals surface area contributed by atoms with Gasteiger partial charge in [-0.25, -0.2) is 4.98 Å². The van der Waals surface area contributed by atoms with Gasteiger partial charge in [0.25, 0.3) is 0 Å². The first-order chi connectivity index (χ1) is 18.2. The molecule has 6 heteroatoms. The van der Waals surface area contributed by atoms with E-state index in [-0.39, 0.29) is 6.10 Å². The molecule has 1 unspecified atom stereocenters. The molecule has 1 aromatic rings. The van der Waals surface area contributed by atoms with Crippen LogP contribution in [0.15, 0.2) is 24.2 Å². The molecule has 1 aliphatic heterocycles. The topological polar surface area (TPSA) is 61.6 Å². The number of fused-ring (bicyclic) bond motifs is 5. The first kappa shape index (κ1) is 26.4. The van der Waals surface area contributed by atoms with Crippen molar-refractivity contribution >= 4 is 11.7 Å². The number of aromatic nitrogens is 2. The van der Waals surface area contributed by atoms with E-state index in [9.17, 15) is 9.90 Å². The number of allylic oxidation sites excluding steroid dienone is 1. The normalized spacial score (nSPS) is 39.7. The van der Waals surface area contributed by atoms with Gasteiger partial charge in [0.1, 0.15) is 5.82 Å². The lowest BCUT2D eigenvalue weighted by Gasteiger charge is -2.58. The fourth-order valence-electron chi connectivity index (χ4n) is 10.2. The average molecular weight is 523 g/mol. The highest BCUT2D eigenvalue weighted by molar-refractivity contribution is 5.76. The molecule has 0 aromatic carbocycles. The van der Waals surface area contributed by atoms with Crippen molar-refractivity contribution in [3.8, 4) is 0 Å². The van der Waals surface area contributed by atoms with Gasteiger partial charge in [0.05, 0.1) is 18.6 Å². The summed E-state index contributed by atoms with van der Waals surface area (Å²) in [5.74, 6) is 5.28. The quantitative estimate of drug-likeness (QED) is 0.524. The van der Waals surface area contributed by atoms with E-state index in [1.54, 1.807) is 5.57 Å². The van der Waals surface area contributed by atoms with Gasteiger partial charge in [0, 0.05) is 39.6 Å². The Kier molecular flexibility index (Phi) is 6.93. The van der Waals surface area contributed by atoms with Gasteiger partial charge in [0.2, 0.25) is 5.91 Å². The lowest BCUT2D eigenvalue weighted by molar-refractivity contribution is -0.132. The molecule has 210 valence electrons. The highest BCUT2D eigenvalue weighted by Crippen LogP contribution is 2.67. The molecule has 8 atom stereocenters. The first-order valence-corrected chi connectivity index (χ1v) is 15.6. The fourth-order valence-corrected chi connectivity index (χ4v) is 10.2. The summed E-state index contributed by atoms with van der Waals surface area (Å²) in [7, 11) is 2.03. The number of aliphatic hydroxyl groups is 1. The zero-order valence-corrected chi connectivity index (χ0v) is 24.2. The number of aliphatic hydroxyl groups excluding tert-OH is 1. The average Bonchev–Trinajstić information content (AvgIpc) is 3.50. The number of amides is 1. The minimum atomic E-state index is -0.121. The van der Waals surface area contributed by atoms with Crippen molar-refractivity contribution in [2.75, 3.05) is 31.1 Å². The van der Waals surface area contributed by atoms with Gasteiger partial charge in [-0.3, -0.25) is 4.79 Å². The Labute approximate surface area is 229 Å². The molecule has 1 N–H and O–H groups in total. The number of carbonyl (C=O) groups excluding carboxylic acids is 1. The van der Waals surface area contributed by atoms with Gasteiger partial charge in [-0.15, -0.1) is 0 Å². The monoisotopic (exact) mass is 522 g/mol. The zero-order chi connectivity index (χ0) is 26.7. The number of carbonyl (C=O) groups is 1. The number of imidazole rings is 1. The molecule has 0 spiro atoms. The van der Waals surface area contributed by atoms with Crippen LogP contribution in [0.1, 0.15) is 85.0 Å². The standard InChI is InChI=1S/C32H50N4O2/c1-22(5-10-30(38)36-17-15-35(16-18-36)29-20-33-21-34(29)4)26-8-9-27-25-7-6-23-19-24(37)11-13-31(23,2)28(25)12-14-32(26,27)3/h6,20-22,24-28,37H,5,7-19H2,1-4H3/t22?,24-,25-,26+,27-,28-,31-,32+/m0/s1. The van der Waals surface area contributed by atoms with Gasteiger partial charge < -0.3 is 19.5 Å². The lowest BCUT2D eigenvalue weighted by Crippen LogP contribution is -2.51. The Bertz CT molecular complexity index is 1060. The number of anilines is 1. The Morgan fingerprint density at radius 2 is 1.89 bits per heavy atom. The molecule has 1 aromatic heterocycles. The Morgan fingerprint density at radius 1 is 1.11 bits per heavy atom. The Hall–Kier alpha value is -1.82. The maximum atomic E-state index is 13.2. The largest absolute Gasteiger partial charge is 0.393 e.